The molecular weight excluding hydrogens is 332 g/mol. The summed E-state index contributed by atoms with van der Waals surface area (Å²) < 4.78 is 5.01. The largest absolute Gasteiger partial charge is 0.480 e. The van der Waals surface area contributed by atoms with Gasteiger partial charge in [0.05, 0.1) is 5.60 Å². The number of hydrogen-bond donors (Lipinski definition) is 2. The highest BCUT2D eigenvalue weighted by atomic mass is 16.5. The van der Waals surface area contributed by atoms with Gasteiger partial charge >= 0.3 is 5.97 Å². The summed E-state index contributed by atoms with van der Waals surface area (Å²) in [5.41, 5.74) is -0.879. The molecule has 2 N–H and O–H groups in total. The van der Waals surface area contributed by atoms with Gasteiger partial charge in [-0.3, -0.25) is 4.79 Å². The van der Waals surface area contributed by atoms with Crippen molar-refractivity contribution in [2.45, 2.75) is 57.5 Å². The van der Waals surface area contributed by atoms with Gasteiger partial charge in [0, 0.05) is 18.4 Å². The van der Waals surface area contributed by atoms with E-state index in [2.05, 4.69) is 13.5 Å². The number of aliphatic carboxylic acids is 1. The van der Waals surface area contributed by atoms with Crippen LogP contribution in [0.2, 0.25) is 0 Å². The minimum Gasteiger partial charge on any atom is -0.480 e. The molecule has 1 aliphatic rings. The van der Waals surface area contributed by atoms with E-state index >= 15 is 0 Å². The molecule has 0 aromatic carbocycles. The standard InChI is InChI=1S/C21H32O5/c1-3-5-13-21(25,4-2)14-8-9-17-11-12-19(22)18(17)10-6-7-15-26-16-20(23)24/h4,8-9,11-12,17-18,25H,2-3,5-7,10,13-16H2,1H3,(H,23,24)/t17-,18+,21?/m0/s1. The summed E-state index contributed by atoms with van der Waals surface area (Å²) in [4.78, 5) is 22.4. The van der Waals surface area contributed by atoms with E-state index in [4.69, 9.17) is 9.84 Å². The van der Waals surface area contributed by atoms with Crippen LogP contribution in [0.25, 0.3) is 0 Å². The SMILES string of the molecule is C=CC(O)(CC=C[C@H]1C=CC(=O)[C@@H]1CCCCOCC(=O)O)CCCC. The summed E-state index contributed by atoms with van der Waals surface area (Å²) in [5.74, 6) is -0.847. The monoisotopic (exact) mass is 364 g/mol. The van der Waals surface area contributed by atoms with Crippen molar-refractivity contribution in [1.82, 2.24) is 0 Å². The molecule has 1 rings (SSSR count). The summed E-state index contributed by atoms with van der Waals surface area (Å²) in [6.07, 6.45) is 14.6. The predicted molar refractivity (Wildman–Crippen MR) is 102 cm³/mol. The van der Waals surface area contributed by atoms with Crippen LogP contribution >= 0.6 is 0 Å². The Bertz CT molecular complexity index is 522. The average Bonchev–Trinajstić information content (AvgIpc) is 2.96. The first-order valence-corrected chi connectivity index (χ1v) is 9.46. The van der Waals surface area contributed by atoms with Crippen LogP contribution in [0.1, 0.15) is 51.9 Å². The van der Waals surface area contributed by atoms with Crippen LogP contribution < -0.4 is 0 Å². The molecule has 146 valence electrons. The van der Waals surface area contributed by atoms with Crippen LogP contribution in [0.5, 0.6) is 0 Å². The predicted octanol–water partition coefficient (Wildman–Crippen LogP) is 3.68. The topological polar surface area (TPSA) is 83.8 Å². The lowest BCUT2D eigenvalue weighted by molar-refractivity contribution is -0.142. The van der Waals surface area contributed by atoms with Gasteiger partial charge in [0.25, 0.3) is 0 Å². The summed E-state index contributed by atoms with van der Waals surface area (Å²) in [6.45, 7) is 5.94. The third-order valence-corrected chi connectivity index (χ3v) is 4.76. The zero-order valence-electron chi connectivity index (χ0n) is 15.7. The van der Waals surface area contributed by atoms with Gasteiger partial charge in [-0.2, -0.15) is 0 Å². The number of carbonyl (C=O) groups is 2. The fourth-order valence-electron chi connectivity index (χ4n) is 3.11. The lowest BCUT2D eigenvalue weighted by atomic mass is 9.88. The molecule has 0 spiro atoms. The number of carboxylic acid groups (broad SMARTS) is 1. The third-order valence-electron chi connectivity index (χ3n) is 4.76. The first-order valence-electron chi connectivity index (χ1n) is 9.46. The fourth-order valence-corrected chi connectivity index (χ4v) is 3.11. The molecule has 5 heteroatoms. The van der Waals surface area contributed by atoms with Gasteiger partial charge < -0.3 is 14.9 Å². The lowest BCUT2D eigenvalue weighted by Crippen LogP contribution is -2.24. The number of ether oxygens (including phenoxy) is 1. The minimum absolute atomic E-state index is 0.0580. The highest BCUT2D eigenvalue weighted by molar-refractivity contribution is 5.94. The van der Waals surface area contributed by atoms with Crippen molar-refractivity contribution >= 4 is 11.8 Å². The summed E-state index contributed by atoms with van der Waals surface area (Å²) in [6, 6.07) is 0. The number of rotatable bonds is 14. The van der Waals surface area contributed by atoms with Gasteiger partial charge in [0.2, 0.25) is 0 Å². The van der Waals surface area contributed by atoms with Crippen molar-refractivity contribution in [2.75, 3.05) is 13.2 Å². The number of unbranched alkanes of at least 4 members (excludes halogenated alkanes) is 2. The molecule has 1 aliphatic carbocycles. The molecule has 0 aromatic heterocycles. The van der Waals surface area contributed by atoms with Crippen molar-refractivity contribution in [1.29, 1.82) is 0 Å². The van der Waals surface area contributed by atoms with E-state index in [9.17, 15) is 14.7 Å². The molecule has 0 aliphatic heterocycles. The van der Waals surface area contributed by atoms with Crippen LogP contribution in [0.4, 0.5) is 0 Å². The Hall–Kier alpha value is -1.72. The molecule has 26 heavy (non-hydrogen) atoms. The van der Waals surface area contributed by atoms with E-state index in [-0.39, 0.29) is 24.2 Å². The number of allylic oxidation sites excluding steroid dienone is 3. The van der Waals surface area contributed by atoms with Crippen molar-refractivity contribution in [3.05, 3.63) is 37.0 Å². The maximum Gasteiger partial charge on any atom is 0.329 e. The Balaban J connectivity index is 2.42. The number of ketones is 1. The second kappa shape index (κ2) is 11.8. The van der Waals surface area contributed by atoms with E-state index in [0.29, 0.717) is 19.4 Å². The first-order chi connectivity index (χ1) is 12.4. The second-order valence-corrected chi connectivity index (χ2v) is 6.93. The molecule has 5 nitrogen and oxygen atoms in total. The summed E-state index contributed by atoms with van der Waals surface area (Å²) >= 11 is 0. The molecule has 0 aromatic rings. The molecule has 0 radical (unpaired) electrons. The minimum atomic E-state index is -0.969. The molecule has 0 saturated heterocycles. The van der Waals surface area contributed by atoms with Gasteiger partial charge in [-0.1, -0.05) is 50.5 Å². The van der Waals surface area contributed by atoms with Gasteiger partial charge in [-0.25, -0.2) is 4.79 Å². The van der Waals surface area contributed by atoms with E-state index in [0.717, 1.165) is 32.1 Å². The van der Waals surface area contributed by atoms with Crippen molar-refractivity contribution in [3.8, 4) is 0 Å². The van der Waals surface area contributed by atoms with Crippen LogP contribution in [-0.4, -0.2) is 40.8 Å². The van der Waals surface area contributed by atoms with E-state index in [1.807, 2.05) is 18.2 Å². The van der Waals surface area contributed by atoms with Gasteiger partial charge in [0.1, 0.15) is 6.61 Å². The Morgan fingerprint density at radius 3 is 2.81 bits per heavy atom. The molecule has 0 amide bonds. The number of aliphatic hydroxyl groups is 1. The average molecular weight is 364 g/mol. The van der Waals surface area contributed by atoms with Crippen LogP contribution in [-0.2, 0) is 14.3 Å². The van der Waals surface area contributed by atoms with Crippen molar-refractivity contribution in [3.63, 3.8) is 0 Å². The Labute approximate surface area is 156 Å². The molecule has 3 atom stereocenters. The maximum absolute atomic E-state index is 12.1. The number of carbonyl (C=O) groups excluding carboxylic acids is 1. The highest BCUT2D eigenvalue weighted by Crippen LogP contribution is 2.29. The normalized spacial score (nSPS) is 22.0. The Kier molecular flexibility index (Phi) is 10.1. The number of carboxylic acids is 1. The smallest absolute Gasteiger partial charge is 0.329 e. The quantitative estimate of drug-likeness (QED) is 0.363. The van der Waals surface area contributed by atoms with Crippen LogP contribution in [0, 0.1) is 11.8 Å². The lowest BCUT2D eigenvalue weighted by Gasteiger charge is -2.23. The van der Waals surface area contributed by atoms with Gasteiger partial charge in [-0.05, 0) is 31.8 Å². The maximum atomic E-state index is 12.1. The van der Waals surface area contributed by atoms with E-state index < -0.39 is 11.6 Å². The summed E-state index contributed by atoms with van der Waals surface area (Å²) in [5, 5.41) is 19.0. The first kappa shape index (κ1) is 22.3. The van der Waals surface area contributed by atoms with E-state index in [1.54, 1.807) is 12.2 Å². The molecule has 0 bridgehead atoms. The van der Waals surface area contributed by atoms with Crippen LogP contribution in [0.3, 0.4) is 0 Å². The van der Waals surface area contributed by atoms with E-state index in [1.165, 1.54) is 0 Å². The Morgan fingerprint density at radius 2 is 2.15 bits per heavy atom. The highest BCUT2D eigenvalue weighted by Gasteiger charge is 2.28. The van der Waals surface area contributed by atoms with Gasteiger partial charge in [0.15, 0.2) is 5.78 Å². The van der Waals surface area contributed by atoms with Crippen molar-refractivity contribution < 1.29 is 24.5 Å². The molecule has 0 saturated carbocycles. The molecular formula is C21H32O5. The Morgan fingerprint density at radius 1 is 1.38 bits per heavy atom. The zero-order chi connectivity index (χ0) is 19.4. The second-order valence-electron chi connectivity index (χ2n) is 6.93. The third kappa shape index (κ3) is 8.11. The molecule has 1 unspecified atom stereocenters. The zero-order valence-corrected chi connectivity index (χ0v) is 15.7. The summed E-state index contributed by atoms with van der Waals surface area (Å²) in [7, 11) is 0. The number of hydrogen-bond acceptors (Lipinski definition) is 4. The van der Waals surface area contributed by atoms with Crippen molar-refractivity contribution in [2.24, 2.45) is 11.8 Å². The molecule has 0 fully saturated rings. The van der Waals surface area contributed by atoms with Crippen LogP contribution in [0.15, 0.2) is 37.0 Å². The van der Waals surface area contributed by atoms with Gasteiger partial charge in [-0.15, -0.1) is 6.58 Å². The fraction of sp³-hybridized carbons (Fsp3) is 0.619. The molecule has 0 heterocycles.